The molecule has 118 valence electrons. The Morgan fingerprint density at radius 1 is 1.29 bits per heavy atom. The average molecular weight is 311 g/mol. The molecule has 0 saturated heterocycles. The van der Waals surface area contributed by atoms with Gasteiger partial charge in [0.15, 0.2) is 0 Å². The number of ether oxygens (including phenoxy) is 2. The maximum Gasteiger partial charge on any atom is 0.331 e. The Kier molecular flexibility index (Phi) is 8.42. The highest BCUT2D eigenvalue weighted by Crippen LogP contribution is 2.28. The largest absolute Gasteiger partial charge is 0.464 e. The van der Waals surface area contributed by atoms with E-state index in [9.17, 15) is 4.79 Å². The summed E-state index contributed by atoms with van der Waals surface area (Å²) >= 11 is 1.78. The normalized spacial score (nSPS) is 13.7. The van der Waals surface area contributed by atoms with E-state index in [1.807, 2.05) is 44.3 Å². The second kappa shape index (κ2) is 9.82. The van der Waals surface area contributed by atoms with Crippen molar-refractivity contribution in [3.8, 4) is 0 Å². The van der Waals surface area contributed by atoms with E-state index in [4.69, 9.17) is 9.47 Å². The molecule has 0 bridgehead atoms. The SMILES string of the molecule is CCOC(=O)C(CCSCCOC)(NC)c1ccccc1. The minimum Gasteiger partial charge on any atom is -0.464 e. The highest BCUT2D eigenvalue weighted by atomic mass is 32.2. The Labute approximate surface area is 131 Å². The molecule has 1 unspecified atom stereocenters. The van der Waals surface area contributed by atoms with Crippen molar-refractivity contribution in [2.45, 2.75) is 18.9 Å². The molecule has 5 heteroatoms. The van der Waals surface area contributed by atoms with Gasteiger partial charge in [0.1, 0.15) is 5.54 Å². The summed E-state index contributed by atoms with van der Waals surface area (Å²) in [4.78, 5) is 12.5. The van der Waals surface area contributed by atoms with Crippen LogP contribution < -0.4 is 5.32 Å². The van der Waals surface area contributed by atoms with E-state index in [0.717, 1.165) is 23.7 Å². The monoisotopic (exact) mass is 311 g/mol. The smallest absolute Gasteiger partial charge is 0.331 e. The molecule has 1 rings (SSSR count). The van der Waals surface area contributed by atoms with Gasteiger partial charge in [0.2, 0.25) is 0 Å². The fourth-order valence-corrected chi connectivity index (χ4v) is 3.12. The summed E-state index contributed by atoms with van der Waals surface area (Å²) in [7, 11) is 3.50. The van der Waals surface area contributed by atoms with Crippen LogP contribution in [0.5, 0.6) is 0 Å². The molecular formula is C16H25NO3S. The third kappa shape index (κ3) is 5.02. The number of methoxy groups -OCH3 is 1. The van der Waals surface area contributed by atoms with Crippen LogP contribution >= 0.6 is 11.8 Å². The number of nitrogens with one attached hydrogen (secondary N) is 1. The van der Waals surface area contributed by atoms with Crippen LogP contribution in [0.2, 0.25) is 0 Å². The Bertz CT molecular complexity index is 413. The highest BCUT2D eigenvalue weighted by Gasteiger charge is 2.39. The van der Waals surface area contributed by atoms with E-state index in [1.54, 1.807) is 18.9 Å². The third-order valence-corrected chi connectivity index (χ3v) is 4.32. The van der Waals surface area contributed by atoms with E-state index in [1.165, 1.54) is 0 Å². The van der Waals surface area contributed by atoms with E-state index in [2.05, 4.69) is 5.32 Å². The zero-order valence-electron chi connectivity index (χ0n) is 13.1. The molecule has 0 saturated carbocycles. The maximum atomic E-state index is 12.5. The van der Waals surface area contributed by atoms with E-state index < -0.39 is 5.54 Å². The van der Waals surface area contributed by atoms with Crippen molar-refractivity contribution in [3.63, 3.8) is 0 Å². The quantitative estimate of drug-likeness (QED) is 0.531. The summed E-state index contributed by atoms with van der Waals surface area (Å²) < 4.78 is 10.3. The Balaban J connectivity index is 2.85. The molecule has 1 atom stereocenters. The molecule has 1 aromatic rings. The number of thioether (sulfide) groups is 1. The lowest BCUT2D eigenvalue weighted by Gasteiger charge is -2.31. The van der Waals surface area contributed by atoms with Gasteiger partial charge in [0, 0.05) is 12.9 Å². The van der Waals surface area contributed by atoms with Crippen LogP contribution in [0.25, 0.3) is 0 Å². The van der Waals surface area contributed by atoms with Gasteiger partial charge in [-0.15, -0.1) is 0 Å². The molecule has 4 nitrogen and oxygen atoms in total. The van der Waals surface area contributed by atoms with Crippen molar-refractivity contribution < 1.29 is 14.3 Å². The lowest BCUT2D eigenvalue weighted by Crippen LogP contribution is -2.49. The summed E-state index contributed by atoms with van der Waals surface area (Å²) in [5, 5.41) is 3.19. The van der Waals surface area contributed by atoms with E-state index in [-0.39, 0.29) is 5.97 Å². The standard InChI is InChI=1S/C16H25NO3S/c1-4-20-15(18)16(17-2,10-12-21-13-11-19-3)14-8-6-5-7-9-14/h5-9,17H,4,10-13H2,1-3H3. The summed E-state index contributed by atoms with van der Waals surface area (Å²) in [5.41, 5.74) is 0.162. The number of benzene rings is 1. The molecule has 0 heterocycles. The zero-order chi connectivity index (χ0) is 15.6. The number of carbonyl (C=O) groups is 1. The van der Waals surface area contributed by atoms with Gasteiger partial charge in [-0.05, 0) is 31.7 Å². The summed E-state index contributed by atoms with van der Waals surface area (Å²) in [6.07, 6.45) is 0.681. The van der Waals surface area contributed by atoms with Gasteiger partial charge >= 0.3 is 5.97 Å². The zero-order valence-corrected chi connectivity index (χ0v) is 13.9. The molecule has 0 spiro atoms. The molecule has 0 fully saturated rings. The van der Waals surface area contributed by atoms with E-state index >= 15 is 0 Å². The second-order valence-electron chi connectivity index (χ2n) is 4.60. The van der Waals surface area contributed by atoms with Crippen LogP contribution in [0.1, 0.15) is 18.9 Å². The molecule has 0 aromatic heterocycles. The molecule has 0 aliphatic rings. The highest BCUT2D eigenvalue weighted by molar-refractivity contribution is 7.99. The topological polar surface area (TPSA) is 47.6 Å². The summed E-state index contributed by atoms with van der Waals surface area (Å²) in [6.45, 7) is 2.94. The summed E-state index contributed by atoms with van der Waals surface area (Å²) in [5.74, 6) is 1.57. The average Bonchev–Trinajstić information content (AvgIpc) is 2.52. The van der Waals surface area contributed by atoms with Crippen LogP contribution in [0.3, 0.4) is 0 Å². The predicted octanol–water partition coefficient (Wildman–Crippen LogP) is 2.43. The first-order chi connectivity index (χ1) is 10.2. The first-order valence-corrected chi connectivity index (χ1v) is 8.35. The summed E-state index contributed by atoms with van der Waals surface area (Å²) in [6, 6.07) is 9.76. The number of carbonyl (C=O) groups excluding carboxylic acids is 1. The molecule has 1 N–H and O–H groups in total. The van der Waals surface area contributed by atoms with Gasteiger partial charge in [-0.3, -0.25) is 0 Å². The van der Waals surface area contributed by atoms with Crippen LogP contribution in [-0.2, 0) is 19.8 Å². The predicted molar refractivity (Wildman–Crippen MR) is 87.6 cm³/mol. The van der Waals surface area contributed by atoms with Crippen LogP contribution in [0.4, 0.5) is 0 Å². The second-order valence-corrected chi connectivity index (χ2v) is 5.82. The first-order valence-electron chi connectivity index (χ1n) is 7.19. The number of esters is 1. The molecule has 21 heavy (non-hydrogen) atoms. The third-order valence-electron chi connectivity index (χ3n) is 3.37. The van der Waals surface area contributed by atoms with Crippen LogP contribution in [-0.4, -0.2) is 44.8 Å². The van der Waals surface area contributed by atoms with E-state index in [0.29, 0.717) is 13.0 Å². The fourth-order valence-electron chi connectivity index (χ4n) is 2.18. The molecule has 0 aliphatic heterocycles. The minimum absolute atomic E-state index is 0.217. The van der Waals surface area contributed by atoms with Crippen molar-refractivity contribution >= 4 is 17.7 Å². The van der Waals surface area contributed by atoms with Crippen LogP contribution in [0.15, 0.2) is 30.3 Å². The van der Waals surface area contributed by atoms with Gasteiger partial charge < -0.3 is 14.8 Å². The molecule has 0 aliphatic carbocycles. The van der Waals surface area contributed by atoms with Crippen LogP contribution in [0, 0.1) is 0 Å². The number of rotatable bonds is 10. The fraction of sp³-hybridized carbons (Fsp3) is 0.562. The van der Waals surface area contributed by atoms with Crippen molar-refractivity contribution in [2.75, 3.05) is 38.9 Å². The van der Waals surface area contributed by atoms with Crippen molar-refractivity contribution in [1.29, 1.82) is 0 Å². The molecule has 0 radical (unpaired) electrons. The first kappa shape index (κ1) is 18.0. The van der Waals surface area contributed by atoms with Crippen molar-refractivity contribution in [3.05, 3.63) is 35.9 Å². The van der Waals surface area contributed by atoms with Crippen molar-refractivity contribution in [1.82, 2.24) is 5.32 Å². The van der Waals surface area contributed by atoms with Crippen molar-refractivity contribution in [2.24, 2.45) is 0 Å². The Morgan fingerprint density at radius 3 is 2.57 bits per heavy atom. The Morgan fingerprint density at radius 2 is 2.00 bits per heavy atom. The maximum absolute atomic E-state index is 12.5. The van der Waals surface area contributed by atoms with Gasteiger partial charge in [0.05, 0.1) is 13.2 Å². The van der Waals surface area contributed by atoms with Gasteiger partial charge in [-0.1, -0.05) is 30.3 Å². The van der Waals surface area contributed by atoms with Gasteiger partial charge in [0.25, 0.3) is 0 Å². The Hall–Kier alpha value is -1.04. The van der Waals surface area contributed by atoms with Gasteiger partial charge in [-0.25, -0.2) is 4.79 Å². The molecular weight excluding hydrogens is 286 g/mol. The minimum atomic E-state index is -0.780. The lowest BCUT2D eigenvalue weighted by molar-refractivity contribution is -0.151. The number of hydrogen-bond acceptors (Lipinski definition) is 5. The lowest BCUT2D eigenvalue weighted by atomic mass is 9.87. The number of likely N-dealkylation sites (N-methyl/N-ethyl adjacent to an activating group) is 1. The molecule has 1 aromatic carbocycles. The number of hydrogen-bond donors (Lipinski definition) is 1. The molecule has 0 amide bonds. The van der Waals surface area contributed by atoms with Gasteiger partial charge in [-0.2, -0.15) is 11.8 Å².